The normalized spacial score (nSPS) is 12.6. The fourth-order valence-corrected chi connectivity index (χ4v) is 3.08. The number of nitrogens with zero attached hydrogens (tertiary/aromatic N) is 1. The van der Waals surface area contributed by atoms with Gasteiger partial charge < -0.3 is 5.32 Å². The summed E-state index contributed by atoms with van der Waals surface area (Å²) < 4.78 is 0.815. The maximum Gasteiger partial charge on any atom is 0.0931 e. The van der Waals surface area contributed by atoms with Gasteiger partial charge in [-0.3, -0.25) is 4.98 Å². The number of aromatic nitrogens is 1. The predicted octanol–water partition coefficient (Wildman–Crippen LogP) is 3.95. The molecule has 2 heterocycles. The summed E-state index contributed by atoms with van der Waals surface area (Å²) in [5.74, 6) is 0. The average Bonchev–Trinajstić information content (AvgIpc) is 2.73. The van der Waals surface area contributed by atoms with Crippen molar-refractivity contribution in [2.45, 2.75) is 12.5 Å². The topological polar surface area (TPSA) is 24.9 Å². The molecule has 0 amide bonds. The summed E-state index contributed by atoms with van der Waals surface area (Å²) >= 11 is 13.7. The van der Waals surface area contributed by atoms with Crippen LogP contribution in [0.25, 0.3) is 0 Å². The Morgan fingerprint density at radius 2 is 2.18 bits per heavy atom. The predicted molar refractivity (Wildman–Crippen MR) is 74.1 cm³/mol. The number of rotatable bonds is 4. The third-order valence-electron chi connectivity index (χ3n) is 2.56. The van der Waals surface area contributed by atoms with Crippen LogP contribution in [0.5, 0.6) is 0 Å². The first-order valence-corrected chi connectivity index (χ1v) is 6.79. The molecule has 0 radical (unpaired) electrons. The highest BCUT2D eigenvalue weighted by atomic mass is 35.5. The first-order valence-electron chi connectivity index (χ1n) is 5.21. The van der Waals surface area contributed by atoms with Crippen molar-refractivity contribution in [1.29, 1.82) is 0 Å². The Hall–Kier alpha value is -0.610. The van der Waals surface area contributed by atoms with E-state index in [1.165, 1.54) is 4.88 Å². The van der Waals surface area contributed by atoms with E-state index in [9.17, 15) is 0 Å². The van der Waals surface area contributed by atoms with Crippen molar-refractivity contribution in [3.8, 4) is 0 Å². The Morgan fingerprint density at radius 3 is 2.76 bits per heavy atom. The molecule has 17 heavy (non-hydrogen) atoms. The van der Waals surface area contributed by atoms with Crippen LogP contribution in [0.3, 0.4) is 0 Å². The number of halogens is 2. The quantitative estimate of drug-likeness (QED) is 0.921. The molecule has 0 aliphatic heterocycles. The number of likely N-dealkylation sites (N-methyl/N-ethyl adjacent to an activating group) is 1. The van der Waals surface area contributed by atoms with Crippen molar-refractivity contribution in [3.05, 3.63) is 50.4 Å². The zero-order valence-electron chi connectivity index (χ0n) is 9.28. The van der Waals surface area contributed by atoms with Gasteiger partial charge in [-0.1, -0.05) is 23.2 Å². The zero-order chi connectivity index (χ0) is 12.3. The largest absolute Gasteiger partial charge is 0.313 e. The molecule has 90 valence electrons. The smallest absolute Gasteiger partial charge is 0.0931 e. The van der Waals surface area contributed by atoms with Crippen LogP contribution in [-0.4, -0.2) is 12.0 Å². The van der Waals surface area contributed by atoms with E-state index in [1.54, 1.807) is 23.7 Å². The molecule has 0 saturated carbocycles. The molecule has 1 atom stereocenters. The van der Waals surface area contributed by atoms with E-state index in [1.807, 2.05) is 25.2 Å². The Morgan fingerprint density at radius 1 is 1.35 bits per heavy atom. The molecule has 2 nitrogen and oxygen atoms in total. The van der Waals surface area contributed by atoms with Gasteiger partial charge in [0.2, 0.25) is 0 Å². The molecular formula is C12H12Cl2N2S. The van der Waals surface area contributed by atoms with Gasteiger partial charge in [0.05, 0.1) is 9.36 Å². The van der Waals surface area contributed by atoms with Gasteiger partial charge in [0.25, 0.3) is 0 Å². The molecule has 2 aromatic heterocycles. The summed E-state index contributed by atoms with van der Waals surface area (Å²) in [6.45, 7) is 0. The van der Waals surface area contributed by atoms with E-state index >= 15 is 0 Å². The van der Waals surface area contributed by atoms with Gasteiger partial charge in [-0.2, -0.15) is 0 Å². The third-order valence-corrected chi connectivity index (χ3v) is 4.13. The van der Waals surface area contributed by atoms with Crippen LogP contribution in [0.1, 0.15) is 16.5 Å². The van der Waals surface area contributed by atoms with Crippen molar-refractivity contribution in [2.75, 3.05) is 7.05 Å². The standard InChI is InChI=1S/C12H12Cl2N2S/c1-15-11(6-8-2-3-12(14)17-8)9-4-5-16-7-10(9)13/h2-5,7,11,15H,6H2,1H3. The highest BCUT2D eigenvalue weighted by molar-refractivity contribution is 7.16. The molecule has 2 rings (SSSR count). The first kappa shape index (κ1) is 12.8. The van der Waals surface area contributed by atoms with E-state index in [0.29, 0.717) is 5.02 Å². The fraction of sp³-hybridized carbons (Fsp3) is 0.250. The van der Waals surface area contributed by atoms with Crippen molar-refractivity contribution in [2.24, 2.45) is 0 Å². The molecule has 0 aromatic carbocycles. The molecule has 5 heteroatoms. The van der Waals surface area contributed by atoms with Crippen LogP contribution >= 0.6 is 34.5 Å². The van der Waals surface area contributed by atoms with Crippen molar-refractivity contribution < 1.29 is 0 Å². The molecule has 0 saturated heterocycles. The summed E-state index contributed by atoms with van der Waals surface area (Å²) in [6, 6.07) is 6.09. The van der Waals surface area contributed by atoms with Crippen LogP contribution < -0.4 is 5.32 Å². The van der Waals surface area contributed by atoms with E-state index < -0.39 is 0 Å². The van der Waals surface area contributed by atoms with Crippen LogP contribution in [0, 0.1) is 0 Å². The van der Waals surface area contributed by atoms with E-state index in [2.05, 4.69) is 10.3 Å². The number of nitrogens with one attached hydrogen (secondary N) is 1. The Bertz CT molecular complexity index is 499. The van der Waals surface area contributed by atoms with Gasteiger partial charge in [-0.05, 0) is 30.8 Å². The van der Waals surface area contributed by atoms with Gasteiger partial charge in [-0.25, -0.2) is 0 Å². The molecule has 2 aromatic rings. The molecule has 0 fully saturated rings. The van der Waals surface area contributed by atoms with Crippen molar-refractivity contribution in [3.63, 3.8) is 0 Å². The minimum absolute atomic E-state index is 0.181. The fourth-order valence-electron chi connectivity index (χ4n) is 1.70. The minimum atomic E-state index is 0.181. The molecule has 0 spiro atoms. The van der Waals surface area contributed by atoms with E-state index in [-0.39, 0.29) is 6.04 Å². The molecule has 1 unspecified atom stereocenters. The SMILES string of the molecule is CNC(Cc1ccc(Cl)s1)c1ccncc1Cl. The highest BCUT2D eigenvalue weighted by Gasteiger charge is 2.14. The molecule has 0 aliphatic rings. The van der Waals surface area contributed by atoms with E-state index in [4.69, 9.17) is 23.2 Å². The third kappa shape index (κ3) is 3.19. The summed E-state index contributed by atoms with van der Waals surface area (Å²) in [5.41, 5.74) is 1.06. The maximum absolute atomic E-state index is 6.14. The highest BCUT2D eigenvalue weighted by Crippen LogP contribution is 2.29. The van der Waals surface area contributed by atoms with Crippen molar-refractivity contribution in [1.82, 2.24) is 10.3 Å². The Kier molecular flexibility index (Phi) is 4.40. The second kappa shape index (κ2) is 5.83. The summed E-state index contributed by atoms with van der Waals surface area (Å²) in [6.07, 6.45) is 4.30. The van der Waals surface area contributed by atoms with Gasteiger partial charge in [0.1, 0.15) is 0 Å². The Balaban J connectivity index is 2.20. The van der Waals surface area contributed by atoms with Crippen LogP contribution in [-0.2, 0) is 6.42 Å². The number of pyridine rings is 1. The summed E-state index contributed by atoms with van der Waals surface area (Å²) in [4.78, 5) is 5.23. The van der Waals surface area contributed by atoms with Gasteiger partial charge in [0.15, 0.2) is 0 Å². The molecule has 1 N–H and O–H groups in total. The average molecular weight is 287 g/mol. The second-order valence-corrected chi connectivity index (χ2v) is 5.86. The lowest BCUT2D eigenvalue weighted by Crippen LogP contribution is -2.18. The van der Waals surface area contributed by atoms with Gasteiger partial charge >= 0.3 is 0 Å². The van der Waals surface area contributed by atoms with Crippen LogP contribution in [0.15, 0.2) is 30.6 Å². The number of hydrogen-bond acceptors (Lipinski definition) is 3. The molecular weight excluding hydrogens is 275 g/mol. The number of thiophene rings is 1. The number of hydrogen-bond donors (Lipinski definition) is 1. The maximum atomic E-state index is 6.14. The van der Waals surface area contributed by atoms with Gasteiger partial charge in [-0.15, -0.1) is 11.3 Å². The summed E-state index contributed by atoms with van der Waals surface area (Å²) in [5, 5.41) is 3.96. The monoisotopic (exact) mass is 286 g/mol. The lowest BCUT2D eigenvalue weighted by Gasteiger charge is -2.16. The van der Waals surface area contributed by atoms with E-state index in [0.717, 1.165) is 16.3 Å². The zero-order valence-corrected chi connectivity index (χ0v) is 11.6. The van der Waals surface area contributed by atoms with Gasteiger partial charge in [0, 0.05) is 29.7 Å². The first-order chi connectivity index (χ1) is 8.20. The van der Waals surface area contributed by atoms with Crippen LogP contribution in [0.2, 0.25) is 9.36 Å². The minimum Gasteiger partial charge on any atom is -0.313 e. The molecule has 0 aliphatic carbocycles. The lowest BCUT2D eigenvalue weighted by molar-refractivity contribution is 0.596. The molecule has 0 bridgehead atoms. The summed E-state index contributed by atoms with van der Waals surface area (Å²) in [7, 11) is 1.93. The lowest BCUT2D eigenvalue weighted by atomic mass is 10.0. The second-order valence-electron chi connectivity index (χ2n) is 3.65. The van der Waals surface area contributed by atoms with Crippen molar-refractivity contribution >= 4 is 34.5 Å². The van der Waals surface area contributed by atoms with Crippen LogP contribution in [0.4, 0.5) is 0 Å². The Labute approximate surface area is 115 Å².